The Morgan fingerprint density at radius 1 is 1.21 bits per heavy atom. The fourth-order valence-corrected chi connectivity index (χ4v) is 5.66. The van der Waals surface area contributed by atoms with Gasteiger partial charge >= 0.3 is 0 Å². The average molecular weight is 277 g/mol. The molecule has 19 heavy (non-hydrogen) atoms. The molecule has 3 aliphatic rings. The number of halogens is 1. The van der Waals surface area contributed by atoms with Gasteiger partial charge in [-0.2, -0.15) is 0 Å². The van der Waals surface area contributed by atoms with Crippen LogP contribution in [0.25, 0.3) is 0 Å². The molecule has 0 aliphatic heterocycles. The number of ether oxygens (including phenoxy) is 1. The summed E-state index contributed by atoms with van der Waals surface area (Å²) in [6.45, 7) is 2.15. The molecule has 2 bridgehead atoms. The van der Waals surface area contributed by atoms with Crippen LogP contribution in [-0.4, -0.2) is 7.11 Å². The monoisotopic (exact) mass is 276 g/mol. The van der Waals surface area contributed by atoms with Gasteiger partial charge in [0.1, 0.15) is 5.75 Å². The predicted molar refractivity (Wildman–Crippen MR) is 77.6 cm³/mol. The fourth-order valence-electron chi connectivity index (χ4n) is 5.08. The predicted octanol–water partition coefficient (Wildman–Crippen LogP) is 4.58. The van der Waals surface area contributed by atoms with Gasteiger partial charge in [0.25, 0.3) is 0 Å². The minimum absolute atomic E-state index is 0.212. The molecule has 5 atom stereocenters. The van der Waals surface area contributed by atoms with Crippen LogP contribution in [0.3, 0.4) is 0 Å². The average Bonchev–Trinajstić information content (AvgIpc) is 2.86. The first-order valence-electron chi connectivity index (χ1n) is 7.49. The Bertz CT molecular complexity index is 496. The van der Waals surface area contributed by atoms with Crippen LogP contribution in [-0.2, 0) is 0 Å². The van der Waals surface area contributed by atoms with E-state index in [2.05, 4.69) is 19.1 Å². The van der Waals surface area contributed by atoms with Crippen molar-refractivity contribution in [1.29, 1.82) is 0 Å². The second kappa shape index (κ2) is 4.15. The Morgan fingerprint density at radius 2 is 1.89 bits per heavy atom. The largest absolute Gasteiger partial charge is 0.497 e. The summed E-state index contributed by atoms with van der Waals surface area (Å²) in [5.41, 5.74) is 2.60. The summed E-state index contributed by atoms with van der Waals surface area (Å²) in [4.78, 5) is 0. The first-order chi connectivity index (χ1) is 9.20. The van der Waals surface area contributed by atoms with Crippen molar-refractivity contribution in [1.82, 2.24) is 0 Å². The quantitative estimate of drug-likeness (QED) is 0.735. The molecule has 0 aromatic heterocycles. The second-order valence-corrected chi connectivity index (χ2v) is 7.16. The van der Waals surface area contributed by atoms with E-state index in [1.54, 1.807) is 7.11 Å². The molecular weight excluding hydrogens is 256 g/mol. The maximum atomic E-state index is 6.82. The van der Waals surface area contributed by atoms with Gasteiger partial charge in [-0.15, -0.1) is 11.6 Å². The summed E-state index contributed by atoms with van der Waals surface area (Å²) in [6.07, 6.45) is 4.43. The third kappa shape index (κ3) is 1.67. The van der Waals surface area contributed by atoms with E-state index < -0.39 is 0 Å². The van der Waals surface area contributed by atoms with Crippen molar-refractivity contribution in [3.8, 4) is 5.75 Å². The van der Waals surface area contributed by atoms with Crippen LogP contribution in [0.15, 0.2) is 18.2 Å². The number of benzene rings is 1. The van der Waals surface area contributed by atoms with Gasteiger partial charge in [0.2, 0.25) is 0 Å². The molecule has 3 fully saturated rings. The minimum Gasteiger partial charge on any atom is -0.497 e. The Balaban J connectivity index is 1.57. The first-order valence-corrected chi connectivity index (χ1v) is 7.93. The van der Waals surface area contributed by atoms with E-state index in [4.69, 9.17) is 16.3 Å². The van der Waals surface area contributed by atoms with Gasteiger partial charge in [-0.3, -0.25) is 0 Å². The number of fused-ring (bicyclic) bond motifs is 5. The molecule has 1 aromatic carbocycles. The molecule has 0 saturated heterocycles. The SMILES string of the molecule is COc1ccc(C(Cl)C2C3C4CCC(C4)C32)c(C)c1. The van der Waals surface area contributed by atoms with Crippen molar-refractivity contribution in [2.75, 3.05) is 7.11 Å². The van der Waals surface area contributed by atoms with Crippen molar-refractivity contribution < 1.29 is 4.74 Å². The van der Waals surface area contributed by atoms with Gasteiger partial charge in [0.05, 0.1) is 12.5 Å². The number of aryl methyl sites for hydroxylation is 1. The van der Waals surface area contributed by atoms with Crippen LogP contribution in [0.5, 0.6) is 5.75 Å². The molecular formula is C17H21ClO. The zero-order valence-corrected chi connectivity index (χ0v) is 12.4. The zero-order chi connectivity index (χ0) is 13.1. The number of methoxy groups -OCH3 is 1. The summed E-state index contributed by atoms with van der Waals surface area (Å²) in [5, 5.41) is 0.212. The molecule has 0 spiro atoms. The van der Waals surface area contributed by atoms with Crippen molar-refractivity contribution in [2.24, 2.45) is 29.6 Å². The highest BCUT2D eigenvalue weighted by Crippen LogP contribution is 2.73. The molecule has 1 aromatic rings. The Labute approximate surface area is 120 Å². The van der Waals surface area contributed by atoms with Crippen LogP contribution < -0.4 is 4.74 Å². The molecule has 2 heteroatoms. The molecule has 5 unspecified atom stereocenters. The molecule has 0 radical (unpaired) electrons. The van der Waals surface area contributed by atoms with Gasteiger partial charge in [-0.05, 0) is 79.0 Å². The maximum Gasteiger partial charge on any atom is 0.119 e. The highest BCUT2D eigenvalue weighted by atomic mass is 35.5. The Hall–Kier alpha value is -0.690. The lowest BCUT2D eigenvalue weighted by Gasteiger charge is -2.17. The lowest BCUT2D eigenvalue weighted by Crippen LogP contribution is -2.05. The number of alkyl halides is 1. The van der Waals surface area contributed by atoms with Crippen molar-refractivity contribution >= 4 is 11.6 Å². The molecule has 3 aliphatic carbocycles. The van der Waals surface area contributed by atoms with Crippen LogP contribution in [0.1, 0.15) is 35.8 Å². The van der Waals surface area contributed by atoms with Gasteiger partial charge < -0.3 is 4.74 Å². The molecule has 0 heterocycles. The van der Waals surface area contributed by atoms with E-state index in [0.717, 1.165) is 35.3 Å². The molecule has 4 rings (SSSR count). The van der Waals surface area contributed by atoms with E-state index in [-0.39, 0.29) is 5.38 Å². The van der Waals surface area contributed by atoms with E-state index >= 15 is 0 Å². The second-order valence-electron chi connectivity index (χ2n) is 6.69. The third-order valence-electron chi connectivity index (χ3n) is 5.91. The lowest BCUT2D eigenvalue weighted by atomic mass is 9.95. The Kier molecular flexibility index (Phi) is 2.64. The first kappa shape index (κ1) is 12.1. The Morgan fingerprint density at radius 3 is 2.47 bits per heavy atom. The van der Waals surface area contributed by atoms with Crippen LogP contribution in [0, 0.1) is 36.5 Å². The molecule has 0 amide bonds. The summed E-state index contributed by atoms with van der Waals surface area (Å²) in [6, 6.07) is 6.32. The van der Waals surface area contributed by atoms with Crippen LogP contribution in [0.2, 0.25) is 0 Å². The molecule has 0 N–H and O–H groups in total. The van der Waals surface area contributed by atoms with Crippen LogP contribution >= 0.6 is 11.6 Å². The summed E-state index contributed by atoms with van der Waals surface area (Å²) in [5.74, 6) is 5.58. The zero-order valence-electron chi connectivity index (χ0n) is 11.6. The van der Waals surface area contributed by atoms with E-state index in [0.29, 0.717) is 0 Å². The van der Waals surface area contributed by atoms with Gasteiger partial charge in [0.15, 0.2) is 0 Å². The molecule has 3 saturated carbocycles. The number of hydrogen-bond acceptors (Lipinski definition) is 1. The van der Waals surface area contributed by atoms with Crippen molar-refractivity contribution in [2.45, 2.75) is 31.6 Å². The van der Waals surface area contributed by atoms with Crippen molar-refractivity contribution in [3.05, 3.63) is 29.3 Å². The number of rotatable bonds is 3. The fraction of sp³-hybridized carbons (Fsp3) is 0.647. The smallest absolute Gasteiger partial charge is 0.119 e. The summed E-state index contributed by atoms with van der Waals surface area (Å²) in [7, 11) is 1.72. The number of hydrogen-bond donors (Lipinski definition) is 0. The van der Waals surface area contributed by atoms with E-state index in [1.807, 2.05) is 6.07 Å². The minimum atomic E-state index is 0.212. The van der Waals surface area contributed by atoms with Gasteiger partial charge in [0, 0.05) is 0 Å². The summed E-state index contributed by atoms with van der Waals surface area (Å²) >= 11 is 6.82. The van der Waals surface area contributed by atoms with Gasteiger partial charge in [-0.25, -0.2) is 0 Å². The van der Waals surface area contributed by atoms with Crippen LogP contribution in [0.4, 0.5) is 0 Å². The highest BCUT2D eigenvalue weighted by molar-refractivity contribution is 6.21. The van der Waals surface area contributed by atoms with E-state index in [9.17, 15) is 0 Å². The van der Waals surface area contributed by atoms with E-state index in [1.165, 1.54) is 30.4 Å². The molecule has 102 valence electrons. The van der Waals surface area contributed by atoms with Crippen molar-refractivity contribution in [3.63, 3.8) is 0 Å². The lowest BCUT2D eigenvalue weighted by molar-refractivity contribution is 0.414. The topological polar surface area (TPSA) is 9.23 Å². The molecule has 1 nitrogen and oxygen atoms in total. The normalized spacial score (nSPS) is 40.1. The maximum absolute atomic E-state index is 6.82. The van der Waals surface area contributed by atoms with Gasteiger partial charge in [-0.1, -0.05) is 6.07 Å². The standard InChI is InChI=1S/C17H21ClO/c1-9-7-12(19-2)5-6-13(9)17(18)16-14-10-3-4-11(8-10)15(14)16/h5-7,10-11,14-17H,3-4,8H2,1-2H3. The highest BCUT2D eigenvalue weighted by Gasteiger charge is 2.66. The summed E-state index contributed by atoms with van der Waals surface area (Å²) < 4.78 is 5.28. The third-order valence-corrected chi connectivity index (χ3v) is 6.43.